The second-order valence-corrected chi connectivity index (χ2v) is 5.89. The average molecular weight is 301 g/mol. The van der Waals surface area contributed by atoms with Gasteiger partial charge < -0.3 is 5.11 Å². The highest BCUT2D eigenvalue weighted by Gasteiger charge is 2.26. The van der Waals surface area contributed by atoms with Gasteiger partial charge in [-0.3, -0.25) is 9.48 Å². The van der Waals surface area contributed by atoms with Gasteiger partial charge in [0.05, 0.1) is 34.7 Å². The molecule has 0 radical (unpaired) electrons. The number of rotatable bonds is 3. The third-order valence-electron chi connectivity index (χ3n) is 4.47. The maximum atomic E-state index is 13.9. The number of carboxylic acid groups (broad SMARTS) is 1. The van der Waals surface area contributed by atoms with Gasteiger partial charge in [0.15, 0.2) is 0 Å². The first-order valence-corrected chi connectivity index (χ1v) is 7.36. The van der Waals surface area contributed by atoms with E-state index in [0.717, 1.165) is 12.8 Å². The van der Waals surface area contributed by atoms with Gasteiger partial charge in [-0.25, -0.2) is 4.39 Å². The lowest BCUT2D eigenvalue weighted by atomic mass is 9.82. The van der Waals surface area contributed by atoms with E-state index in [1.807, 2.05) is 6.07 Å². The number of halogens is 1. The largest absolute Gasteiger partial charge is 0.481 e. The molecule has 2 aromatic rings. The predicted molar refractivity (Wildman–Crippen MR) is 77.5 cm³/mol. The van der Waals surface area contributed by atoms with Gasteiger partial charge in [-0.15, -0.1) is 0 Å². The van der Waals surface area contributed by atoms with Gasteiger partial charge >= 0.3 is 5.97 Å². The highest BCUT2D eigenvalue weighted by atomic mass is 19.1. The van der Waals surface area contributed by atoms with Crippen molar-refractivity contribution in [2.75, 3.05) is 0 Å². The van der Waals surface area contributed by atoms with Gasteiger partial charge in [0.2, 0.25) is 0 Å². The number of aliphatic carboxylic acids is 1. The van der Waals surface area contributed by atoms with Crippen molar-refractivity contribution in [3.63, 3.8) is 0 Å². The van der Waals surface area contributed by atoms with E-state index in [1.165, 1.54) is 12.3 Å². The molecule has 1 heterocycles. The smallest absolute Gasteiger partial charge is 0.306 e. The molecule has 1 aliphatic rings. The summed E-state index contributed by atoms with van der Waals surface area (Å²) in [6, 6.07) is 4.81. The van der Waals surface area contributed by atoms with Crippen molar-refractivity contribution in [1.82, 2.24) is 9.78 Å². The molecule has 1 fully saturated rings. The maximum absolute atomic E-state index is 13.9. The Morgan fingerprint density at radius 1 is 1.41 bits per heavy atom. The molecule has 6 heteroatoms. The van der Waals surface area contributed by atoms with Gasteiger partial charge in [-0.2, -0.15) is 10.4 Å². The Morgan fingerprint density at radius 2 is 2.14 bits per heavy atom. The Labute approximate surface area is 127 Å². The molecule has 3 rings (SSSR count). The predicted octanol–water partition coefficient (Wildman–Crippen LogP) is 2.94. The minimum Gasteiger partial charge on any atom is -0.481 e. The molecule has 1 aromatic heterocycles. The number of nitrogens with zero attached hydrogens (tertiary/aromatic N) is 3. The third-order valence-corrected chi connectivity index (χ3v) is 4.47. The quantitative estimate of drug-likeness (QED) is 0.945. The van der Waals surface area contributed by atoms with Crippen LogP contribution in [0.1, 0.15) is 31.2 Å². The Kier molecular flexibility index (Phi) is 3.80. The minimum absolute atomic E-state index is 0.242. The summed E-state index contributed by atoms with van der Waals surface area (Å²) in [5.74, 6) is -1.06. The second-order valence-electron chi connectivity index (χ2n) is 5.89. The maximum Gasteiger partial charge on any atom is 0.306 e. The Balaban J connectivity index is 1.79. The van der Waals surface area contributed by atoms with Gasteiger partial charge in [0.25, 0.3) is 0 Å². The first kappa shape index (κ1) is 14.5. The summed E-state index contributed by atoms with van der Waals surface area (Å²) in [6.45, 7) is 0.629. The monoisotopic (exact) mass is 301 g/mol. The molecule has 0 amide bonds. The van der Waals surface area contributed by atoms with Gasteiger partial charge in [0, 0.05) is 6.54 Å². The zero-order valence-corrected chi connectivity index (χ0v) is 12.0. The lowest BCUT2D eigenvalue weighted by Gasteiger charge is -2.26. The van der Waals surface area contributed by atoms with E-state index >= 15 is 0 Å². The highest BCUT2D eigenvalue weighted by molar-refractivity contribution is 5.80. The molecular formula is C16H16FN3O2. The molecule has 5 nitrogen and oxygen atoms in total. The lowest BCUT2D eigenvalue weighted by molar-refractivity contribution is -0.143. The fraction of sp³-hybridized carbons (Fsp3) is 0.438. The standard InChI is InChI=1S/C16H16FN3O2/c17-14-5-11(7-18)6-15-13(14)8-19-20(15)9-10-1-3-12(4-2-10)16(21)22/h5-6,8,10,12H,1-4,9H2,(H,21,22)/t10-,12-. The van der Waals surface area contributed by atoms with Crippen molar-refractivity contribution in [2.45, 2.75) is 32.2 Å². The number of carboxylic acids is 1. The van der Waals surface area contributed by atoms with Gasteiger partial charge in [-0.05, 0) is 43.7 Å². The molecular weight excluding hydrogens is 285 g/mol. The first-order chi connectivity index (χ1) is 10.6. The first-order valence-electron chi connectivity index (χ1n) is 7.36. The van der Waals surface area contributed by atoms with Crippen LogP contribution in [0.4, 0.5) is 4.39 Å². The lowest BCUT2D eigenvalue weighted by Crippen LogP contribution is -2.24. The summed E-state index contributed by atoms with van der Waals surface area (Å²) >= 11 is 0. The minimum atomic E-state index is -0.719. The van der Waals surface area contributed by atoms with E-state index in [0.29, 0.717) is 36.2 Å². The normalized spacial score (nSPS) is 21.6. The van der Waals surface area contributed by atoms with Crippen LogP contribution < -0.4 is 0 Å². The van der Waals surface area contributed by atoms with Crippen LogP contribution in [0, 0.1) is 29.0 Å². The van der Waals surface area contributed by atoms with Crippen molar-refractivity contribution in [2.24, 2.45) is 11.8 Å². The van der Waals surface area contributed by atoms with Crippen LogP contribution >= 0.6 is 0 Å². The van der Waals surface area contributed by atoms with Crippen LogP contribution in [0.25, 0.3) is 10.9 Å². The molecule has 0 atom stereocenters. The molecule has 0 aliphatic heterocycles. The van der Waals surface area contributed by atoms with E-state index in [4.69, 9.17) is 10.4 Å². The van der Waals surface area contributed by atoms with Crippen LogP contribution in [0.15, 0.2) is 18.3 Å². The number of benzene rings is 1. The summed E-state index contributed by atoms with van der Waals surface area (Å²) in [5, 5.41) is 22.6. The Hall–Kier alpha value is -2.42. The van der Waals surface area contributed by atoms with Crippen LogP contribution in [0.2, 0.25) is 0 Å². The second kappa shape index (κ2) is 5.76. The molecule has 1 aromatic carbocycles. The van der Waals surface area contributed by atoms with Crippen molar-refractivity contribution >= 4 is 16.9 Å². The number of hydrogen-bond acceptors (Lipinski definition) is 3. The third kappa shape index (κ3) is 2.67. The van der Waals surface area contributed by atoms with Gasteiger partial charge in [0.1, 0.15) is 5.82 Å². The molecule has 0 spiro atoms. The van der Waals surface area contributed by atoms with Crippen molar-refractivity contribution in [1.29, 1.82) is 5.26 Å². The van der Waals surface area contributed by atoms with Crippen molar-refractivity contribution in [3.05, 3.63) is 29.7 Å². The molecule has 22 heavy (non-hydrogen) atoms. The number of nitriles is 1. The topological polar surface area (TPSA) is 78.9 Å². The summed E-state index contributed by atoms with van der Waals surface area (Å²) in [6.07, 6.45) is 4.50. The molecule has 0 unspecified atom stereocenters. The van der Waals surface area contributed by atoms with Crippen molar-refractivity contribution in [3.8, 4) is 6.07 Å². The Bertz CT molecular complexity index is 755. The SMILES string of the molecule is N#Cc1cc(F)c2cnn(C[C@H]3CC[C@H](C(=O)O)CC3)c2c1. The number of hydrogen-bond donors (Lipinski definition) is 1. The molecule has 0 saturated heterocycles. The molecule has 1 saturated carbocycles. The fourth-order valence-electron chi connectivity index (χ4n) is 3.18. The van der Waals surface area contributed by atoms with Crippen LogP contribution in [-0.4, -0.2) is 20.9 Å². The van der Waals surface area contributed by atoms with E-state index in [2.05, 4.69) is 5.10 Å². The number of aromatic nitrogens is 2. The zero-order valence-electron chi connectivity index (χ0n) is 12.0. The van der Waals surface area contributed by atoms with E-state index in [1.54, 1.807) is 10.7 Å². The summed E-state index contributed by atoms with van der Waals surface area (Å²) in [5.41, 5.74) is 0.901. The molecule has 114 valence electrons. The van der Waals surface area contributed by atoms with E-state index in [-0.39, 0.29) is 11.5 Å². The van der Waals surface area contributed by atoms with E-state index < -0.39 is 11.8 Å². The summed E-state index contributed by atoms with van der Waals surface area (Å²) in [4.78, 5) is 11.0. The number of carbonyl (C=O) groups is 1. The number of fused-ring (bicyclic) bond motifs is 1. The van der Waals surface area contributed by atoms with Gasteiger partial charge in [-0.1, -0.05) is 0 Å². The van der Waals surface area contributed by atoms with Crippen LogP contribution in [-0.2, 0) is 11.3 Å². The molecule has 0 bridgehead atoms. The summed E-state index contributed by atoms with van der Waals surface area (Å²) < 4.78 is 15.6. The Morgan fingerprint density at radius 3 is 2.77 bits per heavy atom. The summed E-state index contributed by atoms with van der Waals surface area (Å²) in [7, 11) is 0. The zero-order chi connectivity index (χ0) is 15.7. The average Bonchev–Trinajstić information content (AvgIpc) is 2.91. The molecule has 1 N–H and O–H groups in total. The van der Waals surface area contributed by atoms with Crippen molar-refractivity contribution < 1.29 is 14.3 Å². The van der Waals surface area contributed by atoms with Crippen LogP contribution in [0.3, 0.4) is 0 Å². The molecule has 1 aliphatic carbocycles. The van der Waals surface area contributed by atoms with E-state index in [9.17, 15) is 9.18 Å². The highest BCUT2D eigenvalue weighted by Crippen LogP contribution is 2.31. The van der Waals surface area contributed by atoms with Crippen LogP contribution in [0.5, 0.6) is 0 Å². The fourth-order valence-corrected chi connectivity index (χ4v) is 3.18.